The number of halogens is 2. The summed E-state index contributed by atoms with van der Waals surface area (Å²) < 4.78 is 59.3. The minimum atomic E-state index is -4.21. The Balaban J connectivity index is 2.00. The number of benzene rings is 3. The average molecular weight is 375 g/mol. The highest BCUT2D eigenvalue weighted by Gasteiger charge is 2.20. The molecule has 3 aromatic rings. The molecule has 0 saturated carbocycles. The minimum absolute atomic E-state index is 0.230. The van der Waals surface area contributed by atoms with Gasteiger partial charge in [-0.1, -0.05) is 30.3 Å². The fourth-order valence-corrected chi connectivity index (χ4v) is 3.63. The number of hydrogen-bond donors (Lipinski definition) is 1. The molecule has 0 saturated heterocycles. The lowest BCUT2D eigenvalue weighted by Crippen LogP contribution is -2.14. The highest BCUT2D eigenvalue weighted by molar-refractivity contribution is 7.92. The Kier molecular flexibility index (Phi) is 4.90. The first-order valence-corrected chi connectivity index (χ1v) is 9.10. The third-order valence-corrected chi connectivity index (χ3v) is 5.13. The first-order valence-electron chi connectivity index (χ1n) is 7.62. The van der Waals surface area contributed by atoms with E-state index in [1.165, 1.54) is 13.2 Å². The minimum Gasteiger partial charge on any atom is -0.496 e. The lowest BCUT2D eigenvalue weighted by atomic mass is 10.0. The van der Waals surface area contributed by atoms with Gasteiger partial charge in [-0.25, -0.2) is 17.2 Å². The second-order valence-corrected chi connectivity index (χ2v) is 7.11. The Morgan fingerprint density at radius 3 is 2.31 bits per heavy atom. The molecular formula is C19H15F2NO3S. The van der Waals surface area contributed by atoms with Gasteiger partial charge in [0, 0.05) is 17.3 Å². The summed E-state index contributed by atoms with van der Waals surface area (Å²) >= 11 is 0. The lowest BCUT2D eigenvalue weighted by Gasteiger charge is -2.13. The third kappa shape index (κ3) is 3.67. The van der Waals surface area contributed by atoms with E-state index in [4.69, 9.17) is 4.74 Å². The lowest BCUT2D eigenvalue weighted by molar-refractivity contribution is 0.416. The van der Waals surface area contributed by atoms with Gasteiger partial charge < -0.3 is 4.74 Å². The van der Waals surface area contributed by atoms with Crippen molar-refractivity contribution in [3.63, 3.8) is 0 Å². The van der Waals surface area contributed by atoms with Gasteiger partial charge in [-0.3, -0.25) is 4.72 Å². The van der Waals surface area contributed by atoms with Crippen molar-refractivity contribution in [2.24, 2.45) is 0 Å². The fraction of sp³-hybridized carbons (Fsp3) is 0.0526. The van der Waals surface area contributed by atoms with Crippen LogP contribution in [0.5, 0.6) is 5.75 Å². The standard InChI is InChI=1S/C19H15F2NO3S/c1-25-18-9-8-15(12-16(18)13-5-3-2-4-6-13)22-26(23,24)19-10-7-14(20)11-17(19)21/h2-12,22H,1H3. The Labute approximate surface area is 150 Å². The van der Waals surface area contributed by atoms with Crippen LogP contribution in [0, 0.1) is 11.6 Å². The van der Waals surface area contributed by atoms with E-state index >= 15 is 0 Å². The first-order chi connectivity index (χ1) is 12.4. The second-order valence-electron chi connectivity index (χ2n) is 5.46. The molecule has 0 aliphatic heterocycles. The number of sulfonamides is 1. The maximum atomic E-state index is 13.8. The Morgan fingerprint density at radius 1 is 0.923 bits per heavy atom. The summed E-state index contributed by atoms with van der Waals surface area (Å²) in [4.78, 5) is -0.629. The van der Waals surface area contributed by atoms with Crippen molar-refractivity contribution in [3.05, 3.63) is 78.4 Å². The Hall–Kier alpha value is -2.93. The smallest absolute Gasteiger partial charge is 0.264 e. The molecule has 0 heterocycles. The number of anilines is 1. The molecule has 26 heavy (non-hydrogen) atoms. The molecule has 0 bridgehead atoms. The Morgan fingerprint density at radius 2 is 1.65 bits per heavy atom. The molecule has 134 valence electrons. The summed E-state index contributed by atoms with van der Waals surface area (Å²) in [5.74, 6) is -1.45. The summed E-state index contributed by atoms with van der Waals surface area (Å²) in [5.41, 5.74) is 1.74. The summed E-state index contributed by atoms with van der Waals surface area (Å²) in [6, 6.07) is 16.3. The summed E-state index contributed by atoms with van der Waals surface area (Å²) in [7, 11) is -2.70. The van der Waals surface area contributed by atoms with Crippen molar-refractivity contribution < 1.29 is 21.9 Å². The molecule has 0 atom stereocenters. The van der Waals surface area contributed by atoms with Gasteiger partial charge in [-0.05, 0) is 35.9 Å². The summed E-state index contributed by atoms with van der Waals surface area (Å²) in [5, 5.41) is 0. The van der Waals surface area contributed by atoms with Crippen LogP contribution < -0.4 is 9.46 Å². The fourth-order valence-electron chi connectivity index (χ4n) is 2.52. The van der Waals surface area contributed by atoms with Crippen LogP contribution in [-0.4, -0.2) is 15.5 Å². The van der Waals surface area contributed by atoms with E-state index in [1.54, 1.807) is 12.1 Å². The maximum Gasteiger partial charge on any atom is 0.264 e. The van der Waals surface area contributed by atoms with E-state index < -0.39 is 26.6 Å². The quantitative estimate of drug-likeness (QED) is 0.717. The van der Waals surface area contributed by atoms with Crippen LogP contribution in [0.1, 0.15) is 0 Å². The van der Waals surface area contributed by atoms with Crippen molar-refractivity contribution in [2.75, 3.05) is 11.8 Å². The van der Waals surface area contributed by atoms with E-state index in [0.717, 1.165) is 17.7 Å². The third-order valence-electron chi connectivity index (χ3n) is 3.72. The predicted octanol–water partition coefficient (Wildman–Crippen LogP) is 4.44. The van der Waals surface area contributed by atoms with Crippen LogP contribution in [0.2, 0.25) is 0 Å². The van der Waals surface area contributed by atoms with Crippen LogP contribution in [0.3, 0.4) is 0 Å². The number of ether oxygens (including phenoxy) is 1. The van der Waals surface area contributed by atoms with E-state index in [0.29, 0.717) is 17.4 Å². The van der Waals surface area contributed by atoms with Gasteiger partial charge in [0.25, 0.3) is 10.0 Å². The summed E-state index contributed by atoms with van der Waals surface area (Å²) in [6.07, 6.45) is 0. The normalized spacial score (nSPS) is 11.2. The molecule has 4 nitrogen and oxygen atoms in total. The molecule has 0 amide bonds. The zero-order chi connectivity index (χ0) is 18.7. The van der Waals surface area contributed by atoms with Crippen molar-refractivity contribution in [3.8, 4) is 16.9 Å². The van der Waals surface area contributed by atoms with E-state index in [9.17, 15) is 17.2 Å². The van der Waals surface area contributed by atoms with Gasteiger partial charge in [-0.15, -0.1) is 0 Å². The molecular weight excluding hydrogens is 360 g/mol. The van der Waals surface area contributed by atoms with Crippen LogP contribution >= 0.6 is 0 Å². The van der Waals surface area contributed by atoms with Crippen LogP contribution in [0.15, 0.2) is 71.6 Å². The van der Waals surface area contributed by atoms with Gasteiger partial charge in [0.1, 0.15) is 22.3 Å². The predicted molar refractivity (Wildman–Crippen MR) is 95.6 cm³/mol. The van der Waals surface area contributed by atoms with E-state index in [-0.39, 0.29) is 5.69 Å². The van der Waals surface area contributed by atoms with Gasteiger partial charge in [-0.2, -0.15) is 0 Å². The first kappa shape index (κ1) is 17.9. The molecule has 0 aromatic heterocycles. The topological polar surface area (TPSA) is 55.4 Å². The molecule has 0 aliphatic carbocycles. The molecule has 0 fully saturated rings. The molecule has 3 rings (SSSR count). The van der Waals surface area contributed by atoms with Gasteiger partial charge in [0.15, 0.2) is 0 Å². The zero-order valence-electron chi connectivity index (χ0n) is 13.7. The number of methoxy groups -OCH3 is 1. The van der Waals surface area contributed by atoms with Crippen molar-refractivity contribution in [1.82, 2.24) is 0 Å². The van der Waals surface area contributed by atoms with E-state index in [1.807, 2.05) is 30.3 Å². The SMILES string of the molecule is COc1ccc(NS(=O)(=O)c2ccc(F)cc2F)cc1-c1ccccc1. The summed E-state index contributed by atoms with van der Waals surface area (Å²) in [6.45, 7) is 0. The molecule has 0 radical (unpaired) electrons. The van der Waals surface area contributed by atoms with Gasteiger partial charge in [0.2, 0.25) is 0 Å². The van der Waals surface area contributed by atoms with Crippen molar-refractivity contribution in [2.45, 2.75) is 4.90 Å². The second kappa shape index (κ2) is 7.13. The van der Waals surface area contributed by atoms with Crippen LogP contribution in [0.25, 0.3) is 11.1 Å². The van der Waals surface area contributed by atoms with Crippen molar-refractivity contribution >= 4 is 15.7 Å². The average Bonchev–Trinajstić information content (AvgIpc) is 2.61. The highest BCUT2D eigenvalue weighted by Crippen LogP contribution is 2.33. The molecule has 1 N–H and O–H groups in total. The monoisotopic (exact) mass is 375 g/mol. The number of rotatable bonds is 5. The maximum absolute atomic E-state index is 13.8. The van der Waals surface area contributed by atoms with E-state index in [2.05, 4.69) is 4.72 Å². The zero-order valence-corrected chi connectivity index (χ0v) is 14.6. The number of nitrogens with one attached hydrogen (secondary N) is 1. The molecule has 0 spiro atoms. The van der Waals surface area contributed by atoms with Crippen LogP contribution in [0.4, 0.5) is 14.5 Å². The Bertz CT molecular complexity index is 1040. The van der Waals surface area contributed by atoms with Crippen molar-refractivity contribution in [1.29, 1.82) is 0 Å². The molecule has 3 aromatic carbocycles. The molecule has 7 heteroatoms. The van der Waals surface area contributed by atoms with Gasteiger partial charge >= 0.3 is 0 Å². The van der Waals surface area contributed by atoms with Gasteiger partial charge in [0.05, 0.1) is 7.11 Å². The van der Waals surface area contributed by atoms with Crippen LogP contribution in [-0.2, 0) is 10.0 Å². The molecule has 0 unspecified atom stereocenters. The largest absolute Gasteiger partial charge is 0.496 e. The molecule has 0 aliphatic rings. The highest BCUT2D eigenvalue weighted by atomic mass is 32.2. The number of hydrogen-bond acceptors (Lipinski definition) is 3.